The van der Waals surface area contributed by atoms with Gasteiger partial charge in [0.2, 0.25) is 0 Å². The summed E-state index contributed by atoms with van der Waals surface area (Å²) in [5.41, 5.74) is 3.05. The van der Waals surface area contributed by atoms with E-state index in [1.807, 2.05) is 13.0 Å². The van der Waals surface area contributed by atoms with Gasteiger partial charge in [-0.3, -0.25) is 4.79 Å². The number of aliphatic hydroxyl groups is 1. The second-order valence-corrected chi connectivity index (χ2v) is 4.86. The first-order valence-electron chi connectivity index (χ1n) is 6.15. The number of aryl methyl sites for hydroxylation is 2. The van der Waals surface area contributed by atoms with Gasteiger partial charge in [0.15, 0.2) is 0 Å². The molecule has 0 spiro atoms. The molecule has 92 valence electrons. The highest BCUT2D eigenvalue weighted by Crippen LogP contribution is 2.20. The third kappa shape index (κ3) is 2.67. The smallest absolute Gasteiger partial charge is 0.254 e. The summed E-state index contributed by atoms with van der Waals surface area (Å²) in [7, 11) is 0. The average molecular weight is 233 g/mol. The van der Waals surface area contributed by atoms with Gasteiger partial charge in [0.25, 0.3) is 5.91 Å². The van der Waals surface area contributed by atoms with Gasteiger partial charge in [0.1, 0.15) is 0 Å². The highest BCUT2D eigenvalue weighted by Gasteiger charge is 2.22. The molecule has 1 aromatic carbocycles. The molecule has 0 aliphatic carbocycles. The molecule has 0 saturated heterocycles. The normalized spacial score (nSPS) is 17.6. The molecule has 17 heavy (non-hydrogen) atoms. The third-order valence-electron chi connectivity index (χ3n) is 3.14. The van der Waals surface area contributed by atoms with E-state index in [9.17, 15) is 9.90 Å². The Morgan fingerprint density at radius 3 is 2.94 bits per heavy atom. The predicted molar refractivity (Wildman–Crippen MR) is 67.1 cm³/mol. The largest absolute Gasteiger partial charge is 0.392 e. The number of carbonyl (C=O) groups excluding carboxylic acids is 1. The Balaban J connectivity index is 2.31. The van der Waals surface area contributed by atoms with Crippen LogP contribution < -0.4 is 0 Å². The van der Waals surface area contributed by atoms with Gasteiger partial charge in [-0.2, -0.15) is 0 Å². The molecule has 0 fully saturated rings. The van der Waals surface area contributed by atoms with Gasteiger partial charge in [0.05, 0.1) is 6.10 Å². The molecule has 1 aliphatic rings. The summed E-state index contributed by atoms with van der Waals surface area (Å²) < 4.78 is 0. The van der Waals surface area contributed by atoms with E-state index >= 15 is 0 Å². The SMILES string of the molecule is Cc1ccc2c(c1)C(=O)N(CC(C)O)CCC2. The Bertz CT molecular complexity index is 426. The first-order valence-corrected chi connectivity index (χ1v) is 6.15. The van der Waals surface area contributed by atoms with Crippen molar-refractivity contribution in [3.8, 4) is 0 Å². The van der Waals surface area contributed by atoms with Gasteiger partial charge >= 0.3 is 0 Å². The van der Waals surface area contributed by atoms with E-state index in [4.69, 9.17) is 0 Å². The molecule has 1 unspecified atom stereocenters. The highest BCUT2D eigenvalue weighted by molar-refractivity contribution is 5.96. The summed E-state index contributed by atoms with van der Waals surface area (Å²) in [5.74, 6) is 0.0575. The van der Waals surface area contributed by atoms with Crippen LogP contribution in [0.25, 0.3) is 0 Å². The quantitative estimate of drug-likeness (QED) is 0.845. The second-order valence-electron chi connectivity index (χ2n) is 4.86. The fraction of sp³-hybridized carbons (Fsp3) is 0.500. The summed E-state index contributed by atoms with van der Waals surface area (Å²) in [5, 5.41) is 9.42. The van der Waals surface area contributed by atoms with Crippen molar-refractivity contribution < 1.29 is 9.90 Å². The van der Waals surface area contributed by atoms with Gasteiger partial charge < -0.3 is 10.0 Å². The lowest BCUT2D eigenvalue weighted by atomic mass is 10.0. The monoisotopic (exact) mass is 233 g/mol. The van der Waals surface area contributed by atoms with Crippen molar-refractivity contribution in [2.75, 3.05) is 13.1 Å². The fourth-order valence-electron chi connectivity index (χ4n) is 2.33. The number of aliphatic hydroxyl groups excluding tert-OH is 1. The first-order chi connectivity index (χ1) is 8.08. The molecular formula is C14H19NO2. The number of nitrogens with zero attached hydrogens (tertiary/aromatic N) is 1. The predicted octanol–water partition coefficient (Wildman–Crippen LogP) is 1.76. The van der Waals surface area contributed by atoms with Crippen LogP contribution in [0.2, 0.25) is 0 Å². The lowest BCUT2D eigenvalue weighted by Crippen LogP contribution is -2.36. The summed E-state index contributed by atoms with van der Waals surface area (Å²) in [6.45, 7) is 4.87. The van der Waals surface area contributed by atoms with Gasteiger partial charge in [-0.1, -0.05) is 17.7 Å². The number of β-amino-alcohol motifs (C(OH)–C–C–N with tert-alkyl or cyclic N) is 1. The summed E-state index contributed by atoms with van der Waals surface area (Å²) in [4.78, 5) is 14.1. The summed E-state index contributed by atoms with van der Waals surface area (Å²) in [6.07, 6.45) is 1.44. The molecule has 2 rings (SSSR count). The number of fused-ring (bicyclic) bond motifs is 1. The molecule has 0 saturated carbocycles. The van der Waals surface area contributed by atoms with Crippen molar-refractivity contribution in [3.05, 3.63) is 34.9 Å². The Labute approximate surface area is 102 Å². The zero-order chi connectivity index (χ0) is 12.4. The van der Waals surface area contributed by atoms with Gasteiger partial charge in [0, 0.05) is 18.7 Å². The van der Waals surface area contributed by atoms with Crippen molar-refractivity contribution in [3.63, 3.8) is 0 Å². The van der Waals surface area contributed by atoms with E-state index in [0.29, 0.717) is 6.54 Å². The minimum atomic E-state index is -0.467. The molecule has 1 aromatic rings. The Morgan fingerprint density at radius 1 is 1.47 bits per heavy atom. The van der Waals surface area contributed by atoms with Crippen LogP contribution in [0.15, 0.2) is 18.2 Å². The summed E-state index contributed by atoms with van der Waals surface area (Å²) >= 11 is 0. The molecule has 3 nitrogen and oxygen atoms in total. The maximum Gasteiger partial charge on any atom is 0.254 e. The number of hydrogen-bond acceptors (Lipinski definition) is 2. The van der Waals surface area contributed by atoms with Crippen LogP contribution in [0.3, 0.4) is 0 Å². The fourth-order valence-corrected chi connectivity index (χ4v) is 2.33. The van der Waals surface area contributed by atoms with Crippen LogP contribution in [-0.4, -0.2) is 35.1 Å². The van der Waals surface area contributed by atoms with E-state index in [-0.39, 0.29) is 5.91 Å². The van der Waals surface area contributed by atoms with Crippen LogP contribution in [0.1, 0.15) is 34.8 Å². The van der Waals surface area contributed by atoms with Gasteiger partial charge in [-0.05, 0) is 38.3 Å². The molecule has 1 aliphatic heterocycles. The van der Waals surface area contributed by atoms with Crippen LogP contribution in [0.5, 0.6) is 0 Å². The maximum absolute atomic E-state index is 12.3. The minimum absolute atomic E-state index is 0.0575. The van der Waals surface area contributed by atoms with Crippen LogP contribution in [0, 0.1) is 6.92 Å². The van der Waals surface area contributed by atoms with E-state index in [2.05, 4.69) is 12.1 Å². The Morgan fingerprint density at radius 2 is 2.24 bits per heavy atom. The zero-order valence-electron chi connectivity index (χ0n) is 10.4. The topological polar surface area (TPSA) is 40.5 Å². The van der Waals surface area contributed by atoms with Crippen molar-refractivity contribution >= 4 is 5.91 Å². The molecule has 0 radical (unpaired) electrons. The standard InChI is InChI=1S/C14H19NO2/c1-10-5-6-12-4-3-7-15(9-11(2)16)14(17)13(12)8-10/h5-6,8,11,16H,3-4,7,9H2,1-2H3. The highest BCUT2D eigenvalue weighted by atomic mass is 16.3. The third-order valence-corrected chi connectivity index (χ3v) is 3.14. The first kappa shape index (κ1) is 12.1. The van der Waals surface area contributed by atoms with Crippen LogP contribution >= 0.6 is 0 Å². The number of carbonyl (C=O) groups is 1. The molecule has 3 heteroatoms. The molecular weight excluding hydrogens is 214 g/mol. The van der Waals surface area contributed by atoms with Gasteiger partial charge in [-0.25, -0.2) is 0 Å². The number of benzene rings is 1. The van der Waals surface area contributed by atoms with E-state index < -0.39 is 6.10 Å². The lowest BCUT2D eigenvalue weighted by molar-refractivity contribution is 0.0654. The maximum atomic E-state index is 12.3. The van der Waals surface area contributed by atoms with E-state index in [1.165, 1.54) is 0 Å². The van der Waals surface area contributed by atoms with Crippen LogP contribution in [-0.2, 0) is 6.42 Å². The molecule has 1 heterocycles. The molecule has 0 bridgehead atoms. The number of rotatable bonds is 2. The summed E-state index contributed by atoms with van der Waals surface area (Å²) in [6, 6.07) is 6.06. The molecule has 1 amide bonds. The van der Waals surface area contributed by atoms with Gasteiger partial charge in [-0.15, -0.1) is 0 Å². The average Bonchev–Trinajstić information content (AvgIpc) is 2.40. The van der Waals surface area contributed by atoms with Crippen molar-refractivity contribution in [2.24, 2.45) is 0 Å². The lowest BCUT2D eigenvalue weighted by Gasteiger charge is -2.22. The molecule has 0 aromatic heterocycles. The number of hydrogen-bond donors (Lipinski definition) is 1. The Kier molecular flexibility index (Phi) is 3.48. The Hall–Kier alpha value is -1.35. The molecule has 1 atom stereocenters. The zero-order valence-corrected chi connectivity index (χ0v) is 10.4. The van der Waals surface area contributed by atoms with Crippen molar-refractivity contribution in [1.82, 2.24) is 4.90 Å². The van der Waals surface area contributed by atoms with Crippen molar-refractivity contribution in [1.29, 1.82) is 0 Å². The number of amides is 1. The second kappa shape index (κ2) is 4.88. The van der Waals surface area contributed by atoms with E-state index in [0.717, 1.165) is 36.1 Å². The van der Waals surface area contributed by atoms with Crippen molar-refractivity contribution in [2.45, 2.75) is 32.8 Å². The minimum Gasteiger partial charge on any atom is -0.392 e. The van der Waals surface area contributed by atoms with Crippen LogP contribution in [0.4, 0.5) is 0 Å². The van der Waals surface area contributed by atoms with E-state index in [1.54, 1.807) is 11.8 Å². The molecule has 1 N–H and O–H groups in total.